The van der Waals surface area contributed by atoms with Crippen LogP contribution in [0.4, 0.5) is 5.69 Å². The normalized spacial score (nSPS) is 11.9. The number of nitrogens with zero attached hydrogens (tertiary/aromatic N) is 2. The van der Waals surface area contributed by atoms with Gasteiger partial charge in [0, 0.05) is 16.0 Å². The third kappa shape index (κ3) is 3.19. The molecule has 3 rings (SSSR count). The number of carbonyl (C=O) groups excluding carboxylic acids is 1. The molecule has 1 unspecified atom stereocenters. The number of hydrogen-bond acceptors (Lipinski definition) is 2. The summed E-state index contributed by atoms with van der Waals surface area (Å²) in [6.07, 6.45) is 3.47. The molecule has 0 aliphatic heterocycles. The molecular weight excluding hydrogens is 389 g/mol. The lowest BCUT2D eigenvalue weighted by Gasteiger charge is -2.18. The molecule has 0 radical (unpaired) electrons. The molecule has 3 aromatic rings. The lowest BCUT2D eigenvalue weighted by molar-refractivity contribution is -0.118. The molecule has 22 heavy (non-hydrogen) atoms. The third-order valence-electron chi connectivity index (χ3n) is 3.28. The Labute approximate surface area is 142 Å². The van der Waals surface area contributed by atoms with Gasteiger partial charge in [0.2, 0.25) is 0 Å². The van der Waals surface area contributed by atoms with E-state index in [4.69, 9.17) is 0 Å². The topological polar surface area (TPSA) is 46.9 Å². The summed E-state index contributed by atoms with van der Waals surface area (Å²) >= 11 is 2.21. The number of nitrogens with one attached hydrogen (secondary N) is 1. The van der Waals surface area contributed by atoms with Crippen LogP contribution in [0.25, 0.3) is 0 Å². The molecule has 2 aromatic carbocycles. The van der Waals surface area contributed by atoms with Crippen molar-refractivity contribution in [2.24, 2.45) is 0 Å². The number of aromatic nitrogens is 2. The Balaban J connectivity index is 1.93. The van der Waals surface area contributed by atoms with E-state index >= 15 is 0 Å². The van der Waals surface area contributed by atoms with Crippen LogP contribution in [0, 0.1) is 3.57 Å². The van der Waals surface area contributed by atoms with Gasteiger partial charge in [-0.05, 0) is 46.4 Å². The monoisotopic (exact) mass is 403 g/mol. The molecule has 5 heteroatoms. The molecule has 4 nitrogen and oxygen atoms in total. The highest BCUT2D eigenvalue weighted by Gasteiger charge is 2.23. The summed E-state index contributed by atoms with van der Waals surface area (Å²) in [5, 5.41) is 7.22. The lowest BCUT2D eigenvalue weighted by Crippen LogP contribution is -2.27. The summed E-state index contributed by atoms with van der Waals surface area (Å²) in [5.41, 5.74) is 1.70. The van der Waals surface area contributed by atoms with Gasteiger partial charge in [0.1, 0.15) is 0 Å². The first-order valence-electron chi connectivity index (χ1n) is 6.85. The van der Waals surface area contributed by atoms with Crippen molar-refractivity contribution in [2.45, 2.75) is 6.04 Å². The molecule has 1 aromatic heterocycles. The van der Waals surface area contributed by atoms with Crippen LogP contribution in [0.5, 0.6) is 0 Å². The Hall–Kier alpha value is -2.15. The fourth-order valence-electron chi connectivity index (χ4n) is 2.26. The Morgan fingerprint density at radius 1 is 1.05 bits per heavy atom. The molecule has 0 aliphatic rings. The SMILES string of the molecule is O=C(Nc1ccccc1I)C(c1ccccc1)n1cccn1. The van der Waals surface area contributed by atoms with Crippen molar-refractivity contribution < 1.29 is 4.79 Å². The van der Waals surface area contributed by atoms with Crippen LogP contribution in [-0.2, 0) is 4.79 Å². The predicted molar refractivity (Wildman–Crippen MR) is 94.6 cm³/mol. The third-order valence-corrected chi connectivity index (χ3v) is 4.23. The number of halogens is 1. The first kappa shape index (κ1) is 14.8. The van der Waals surface area contributed by atoms with E-state index in [0.29, 0.717) is 0 Å². The van der Waals surface area contributed by atoms with Gasteiger partial charge in [-0.15, -0.1) is 0 Å². The van der Waals surface area contributed by atoms with Crippen molar-refractivity contribution in [1.82, 2.24) is 9.78 Å². The Morgan fingerprint density at radius 3 is 2.45 bits per heavy atom. The molecule has 1 heterocycles. The molecule has 1 N–H and O–H groups in total. The minimum atomic E-state index is -0.493. The fraction of sp³-hybridized carbons (Fsp3) is 0.0588. The maximum Gasteiger partial charge on any atom is 0.253 e. The second kappa shape index (κ2) is 6.74. The number of benzene rings is 2. The average molecular weight is 403 g/mol. The summed E-state index contributed by atoms with van der Waals surface area (Å²) in [7, 11) is 0. The van der Waals surface area contributed by atoms with Gasteiger partial charge < -0.3 is 5.32 Å². The second-order valence-electron chi connectivity index (χ2n) is 4.77. The van der Waals surface area contributed by atoms with Crippen LogP contribution >= 0.6 is 22.6 Å². The van der Waals surface area contributed by atoms with E-state index in [-0.39, 0.29) is 5.91 Å². The van der Waals surface area contributed by atoms with Crippen molar-refractivity contribution in [3.05, 3.63) is 82.2 Å². The van der Waals surface area contributed by atoms with Gasteiger partial charge in [0.25, 0.3) is 5.91 Å². The van der Waals surface area contributed by atoms with Crippen molar-refractivity contribution in [3.63, 3.8) is 0 Å². The highest BCUT2D eigenvalue weighted by Crippen LogP contribution is 2.22. The summed E-state index contributed by atoms with van der Waals surface area (Å²) < 4.78 is 2.67. The first-order valence-corrected chi connectivity index (χ1v) is 7.93. The number of para-hydroxylation sites is 1. The van der Waals surface area contributed by atoms with Crippen LogP contribution in [-0.4, -0.2) is 15.7 Å². The first-order chi connectivity index (χ1) is 10.8. The van der Waals surface area contributed by atoms with Gasteiger partial charge in [0.05, 0.1) is 5.69 Å². The van der Waals surface area contributed by atoms with Gasteiger partial charge >= 0.3 is 0 Å². The Bertz CT molecular complexity index is 757. The summed E-state index contributed by atoms with van der Waals surface area (Å²) in [6, 6.07) is 18.7. The van der Waals surface area contributed by atoms with Crippen molar-refractivity contribution in [3.8, 4) is 0 Å². The van der Waals surface area contributed by atoms with Crippen molar-refractivity contribution in [2.75, 3.05) is 5.32 Å². The highest BCUT2D eigenvalue weighted by atomic mass is 127. The van der Waals surface area contributed by atoms with E-state index in [1.165, 1.54) is 0 Å². The maximum atomic E-state index is 12.8. The molecule has 0 saturated heterocycles. The Kier molecular flexibility index (Phi) is 4.53. The van der Waals surface area contributed by atoms with Crippen LogP contribution in [0.2, 0.25) is 0 Å². The van der Waals surface area contributed by atoms with Crippen LogP contribution < -0.4 is 5.32 Å². The van der Waals surface area contributed by atoms with Gasteiger partial charge in [-0.3, -0.25) is 9.48 Å². The van der Waals surface area contributed by atoms with E-state index in [1.54, 1.807) is 17.1 Å². The standard InChI is InChI=1S/C17H14IN3O/c18-14-9-4-5-10-15(14)20-17(22)16(21-12-6-11-19-21)13-7-2-1-3-8-13/h1-12,16H,(H,20,22). The molecule has 0 spiro atoms. The van der Waals surface area contributed by atoms with Gasteiger partial charge in [0.15, 0.2) is 6.04 Å². The van der Waals surface area contributed by atoms with Crippen molar-refractivity contribution in [1.29, 1.82) is 0 Å². The van der Waals surface area contributed by atoms with Gasteiger partial charge in [-0.2, -0.15) is 5.10 Å². The minimum absolute atomic E-state index is 0.112. The maximum absolute atomic E-state index is 12.8. The lowest BCUT2D eigenvalue weighted by atomic mass is 10.1. The van der Waals surface area contributed by atoms with E-state index in [1.807, 2.05) is 60.7 Å². The zero-order chi connectivity index (χ0) is 15.4. The molecule has 110 valence electrons. The molecular formula is C17H14IN3O. The fourth-order valence-corrected chi connectivity index (χ4v) is 2.78. The molecule has 1 atom stereocenters. The largest absolute Gasteiger partial charge is 0.323 e. The van der Waals surface area contributed by atoms with Crippen LogP contribution in [0.1, 0.15) is 11.6 Å². The number of amides is 1. The highest BCUT2D eigenvalue weighted by molar-refractivity contribution is 14.1. The summed E-state index contributed by atoms with van der Waals surface area (Å²) in [4.78, 5) is 12.8. The minimum Gasteiger partial charge on any atom is -0.323 e. The summed E-state index contributed by atoms with van der Waals surface area (Å²) in [6.45, 7) is 0. The number of hydrogen-bond donors (Lipinski definition) is 1. The molecule has 0 fully saturated rings. The molecule has 1 amide bonds. The summed E-state index contributed by atoms with van der Waals surface area (Å²) in [5.74, 6) is -0.112. The number of anilines is 1. The van der Waals surface area contributed by atoms with E-state index < -0.39 is 6.04 Å². The number of carbonyl (C=O) groups is 1. The quantitative estimate of drug-likeness (QED) is 0.676. The average Bonchev–Trinajstić information content (AvgIpc) is 3.05. The molecule has 0 saturated carbocycles. The van der Waals surface area contributed by atoms with E-state index in [9.17, 15) is 4.79 Å². The molecule has 0 aliphatic carbocycles. The molecule has 0 bridgehead atoms. The predicted octanol–water partition coefficient (Wildman–Crippen LogP) is 3.72. The van der Waals surface area contributed by atoms with Crippen LogP contribution in [0.3, 0.4) is 0 Å². The number of rotatable bonds is 4. The van der Waals surface area contributed by atoms with Gasteiger partial charge in [-0.1, -0.05) is 42.5 Å². The Morgan fingerprint density at radius 2 is 1.77 bits per heavy atom. The van der Waals surface area contributed by atoms with E-state index in [0.717, 1.165) is 14.8 Å². The zero-order valence-electron chi connectivity index (χ0n) is 11.7. The van der Waals surface area contributed by atoms with Gasteiger partial charge in [-0.25, -0.2) is 0 Å². The van der Waals surface area contributed by atoms with E-state index in [2.05, 4.69) is 33.0 Å². The second-order valence-corrected chi connectivity index (χ2v) is 5.93. The zero-order valence-corrected chi connectivity index (χ0v) is 13.8. The van der Waals surface area contributed by atoms with Crippen molar-refractivity contribution >= 4 is 34.2 Å². The smallest absolute Gasteiger partial charge is 0.253 e. The van der Waals surface area contributed by atoms with Crippen LogP contribution in [0.15, 0.2) is 73.1 Å².